The largest absolute Gasteiger partial charge is 0.324 e. The molecule has 0 unspecified atom stereocenters. The molecule has 0 aliphatic rings. The van der Waals surface area contributed by atoms with E-state index in [1.807, 2.05) is 48.5 Å². The summed E-state index contributed by atoms with van der Waals surface area (Å²) in [5.74, 6) is 10.8. The van der Waals surface area contributed by atoms with Gasteiger partial charge in [0.1, 0.15) is 5.78 Å². The SMILES string of the molecule is NNc1ccc(CC(=O)Cc2ccc(NN)cc2)cc1. The zero-order chi connectivity index (χ0) is 14.4. The molecular weight excluding hydrogens is 252 g/mol. The Morgan fingerprint density at radius 1 is 0.750 bits per heavy atom. The van der Waals surface area contributed by atoms with Gasteiger partial charge in [-0.2, -0.15) is 0 Å². The molecule has 0 aliphatic carbocycles. The van der Waals surface area contributed by atoms with E-state index in [0.717, 1.165) is 22.5 Å². The number of rotatable bonds is 6. The molecule has 104 valence electrons. The number of hydrazine groups is 2. The molecule has 6 N–H and O–H groups in total. The number of nitrogens with two attached hydrogens (primary N) is 2. The second kappa shape index (κ2) is 6.70. The molecule has 2 aromatic carbocycles. The monoisotopic (exact) mass is 270 g/mol. The summed E-state index contributed by atoms with van der Waals surface area (Å²) >= 11 is 0. The average molecular weight is 270 g/mol. The Kier molecular flexibility index (Phi) is 4.70. The van der Waals surface area contributed by atoms with Crippen molar-refractivity contribution in [2.75, 3.05) is 10.9 Å². The summed E-state index contributed by atoms with van der Waals surface area (Å²) in [6.07, 6.45) is 0.837. The number of nitrogen functional groups attached to an aromatic ring is 2. The lowest BCUT2D eigenvalue weighted by molar-refractivity contribution is -0.117. The maximum absolute atomic E-state index is 12.0. The first-order valence-corrected chi connectivity index (χ1v) is 6.34. The lowest BCUT2D eigenvalue weighted by Gasteiger charge is -2.05. The average Bonchev–Trinajstić information content (AvgIpc) is 2.49. The summed E-state index contributed by atoms with van der Waals surface area (Å²) in [6.45, 7) is 0. The molecule has 0 saturated carbocycles. The highest BCUT2D eigenvalue weighted by atomic mass is 16.1. The predicted octanol–water partition coefficient (Wildman–Crippen LogP) is 1.61. The summed E-state index contributed by atoms with van der Waals surface area (Å²) in [5.41, 5.74) is 8.73. The third-order valence-corrected chi connectivity index (χ3v) is 3.04. The zero-order valence-corrected chi connectivity index (χ0v) is 11.1. The molecule has 0 aromatic heterocycles. The van der Waals surface area contributed by atoms with Crippen molar-refractivity contribution in [3.8, 4) is 0 Å². The second-order valence-corrected chi connectivity index (χ2v) is 4.57. The van der Waals surface area contributed by atoms with Gasteiger partial charge in [0.05, 0.1) is 0 Å². The van der Waals surface area contributed by atoms with Crippen LogP contribution in [0.2, 0.25) is 0 Å². The quantitative estimate of drug-likeness (QED) is 0.473. The molecule has 0 fully saturated rings. The van der Waals surface area contributed by atoms with Gasteiger partial charge in [-0.05, 0) is 35.4 Å². The van der Waals surface area contributed by atoms with Crippen LogP contribution in [-0.4, -0.2) is 5.78 Å². The molecule has 0 amide bonds. The molecular formula is C15H18N4O. The molecule has 2 rings (SSSR count). The number of hydrogen-bond acceptors (Lipinski definition) is 5. The topological polar surface area (TPSA) is 93.2 Å². The van der Waals surface area contributed by atoms with Crippen molar-refractivity contribution < 1.29 is 4.79 Å². The molecule has 0 atom stereocenters. The molecule has 5 heteroatoms. The maximum Gasteiger partial charge on any atom is 0.141 e. The van der Waals surface area contributed by atoms with E-state index in [0.29, 0.717) is 12.8 Å². The van der Waals surface area contributed by atoms with Crippen LogP contribution >= 0.6 is 0 Å². The Labute approximate surface area is 117 Å². The number of carbonyl (C=O) groups is 1. The van der Waals surface area contributed by atoms with E-state index in [1.54, 1.807) is 0 Å². The first-order valence-electron chi connectivity index (χ1n) is 6.34. The number of nitrogens with one attached hydrogen (secondary N) is 2. The minimum Gasteiger partial charge on any atom is -0.324 e. The first kappa shape index (κ1) is 14.0. The van der Waals surface area contributed by atoms with Crippen LogP contribution in [0.25, 0.3) is 0 Å². The first-order chi connectivity index (χ1) is 9.71. The third-order valence-electron chi connectivity index (χ3n) is 3.04. The lowest BCUT2D eigenvalue weighted by Crippen LogP contribution is -2.09. The molecule has 0 spiro atoms. The van der Waals surface area contributed by atoms with E-state index >= 15 is 0 Å². The van der Waals surface area contributed by atoms with E-state index < -0.39 is 0 Å². The highest BCUT2D eigenvalue weighted by Crippen LogP contribution is 2.12. The Bertz CT molecular complexity index is 512. The van der Waals surface area contributed by atoms with Crippen molar-refractivity contribution in [1.82, 2.24) is 0 Å². The number of anilines is 2. The number of carbonyl (C=O) groups excluding carboxylic acids is 1. The molecule has 5 nitrogen and oxygen atoms in total. The molecule has 0 saturated heterocycles. The molecule has 0 heterocycles. The van der Waals surface area contributed by atoms with Crippen molar-refractivity contribution in [1.29, 1.82) is 0 Å². The fourth-order valence-corrected chi connectivity index (χ4v) is 1.96. The van der Waals surface area contributed by atoms with Crippen LogP contribution in [0.5, 0.6) is 0 Å². The van der Waals surface area contributed by atoms with Crippen molar-refractivity contribution in [3.05, 3.63) is 59.7 Å². The van der Waals surface area contributed by atoms with Gasteiger partial charge in [0.15, 0.2) is 0 Å². The second-order valence-electron chi connectivity index (χ2n) is 4.57. The Morgan fingerprint density at radius 3 is 1.40 bits per heavy atom. The van der Waals surface area contributed by atoms with Gasteiger partial charge < -0.3 is 10.9 Å². The van der Waals surface area contributed by atoms with Crippen LogP contribution < -0.4 is 22.5 Å². The number of benzene rings is 2. The molecule has 2 aromatic rings. The van der Waals surface area contributed by atoms with E-state index in [-0.39, 0.29) is 5.78 Å². The molecule has 0 aliphatic heterocycles. The fourth-order valence-electron chi connectivity index (χ4n) is 1.96. The van der Waals surface area contributed by atoms with E-state index in [4.69, 9.17) is 11.7 Å². The Hall–Kier alpha value is -2.37. The summed E-state index contributed by atoms with van der Waals surface area (Å²) in [5, 5.41) is 0. The van der Waals surface area contributed by atoms with Gasteiger partial charge >= 0.3 is 0 Å². The van der Waals surface area contributed by atoms with Gasteiger partial charge in [0.2, 0.25) is 0 Å². The van der Waals surface area contributed by atoms with Gasteiger partial charge in [-0.3, -0.25) is 16.5 Å². The third kappa shape index (κ3) is 3.81. The summed E-state index contributed by atoms with van der Waals surface area (Å²) in [4.78, 5) is 12.0. The van der Waals surface area contributed by atoms with Crippen LogP contribution in [-0.2, 0) is 17.6 Å². The maximum atomic E-state index is 12.0. The van der Waals surface area contributed by atoms with Crippen LogP contribution in [0.15, 0.2) is 48.5 Å². The number of ketones is 1. The van der Waals surface area contributed by atoms with Crippen LogP contribution in [0.3, 0.4) is 0 Å². The molecule has 0 bridgehead atoms. The lowest BCUT2D eigenvalue weighted by atomic mass is 10.0. The van der Waals surface area contributed by atoms with Gasteiger partial charge in [0, 0.05) is 24.2 Å². The van der Waals surface area contributed by atoms with Crippen molar-refractivity contribution in [2.45, 2.75) is 12.8 Å². The Morgan fingerprint density at radius 2 is 1.10 bits per heavy atom. The van der Waals surface area contributed by atoms with Crippen molar-refractivity contribution in [2.24, 2.45) is 11.7 Å². The highest BCUT2D eigenvalue weighted by molar-refractivity contribution is 5.83. The number of hydrogen-bond donors (Lipinski definition) is 4. The van der Waals surface area contributed by atoms with Gasteiger partial charge in [0.25, 0.3) is 0 Å². The normalized spacial score (nSPS) is 10.1. The fraction of sp³-hybridized carbons (Fsp3) is 0.133. The molecule has 20 heavy (non-hydrogen) atoms. The summed E-state index contributed by atoms with van der Waals surface area (Å²) in [6, 6.07) is 15.0. The van der Waals surface area contributed by atoms with Crippen LogP contribution in [0.1, 0.15) is 11.1 Å². The van der Waals surface area contributed by atoms with E-state index in [9.17, 15) is 4.79 Å². The zero-order valence-electron chi connectivity index (χ0n) is 11.1. The minimum atomic E-state index is 0.173. The van der Waals surface area contributed by atoms with E-state index in [1.165, 1.54) is 0 Å². The smallest absolute Gasteiger partial charge is 0.141 e. The summed E-state index contributed by atoms with van der Waals surface area (Å²) < 4.78 is 0. The van der Waals surface area contributed by atoms with Crippen LogP contribution in [0, 0.1) is 0 Å². The standard InChI is InChI=1S/C15H18N4O/c16-18-13-5-1-11(2-6-13)9-15(20)10-12-3-7-14(19-17)8-4-12/h1-8,18-19H,9-10,16-17H2. The highest BCUT2D eigenvalue weighted by Gasteiger charge is 2.05. The van der Waals surface area contributed by atoms with Crippen LogP contribution in [0.4, 0.5) is 11.4 Å². The predicted molar refractivity (Wildman–Crippen MR) is 80.9 cm³/mol. The molecule has 0 radical (unpaired) electrons. The van der Waals surface area contributed by atoms with Gasteiger partial charge in [-0.25, -0.2) is 0 Å². The van der Waals surface area contributed by atoms with Gasteiger partial charge in [-0.15, -0.1) is 0 Å². The van der Waals surface area contributed by atoms with Gasteiger partial charge in [-0.1, -0.05) is 24.3 Å². The summed E-state index contributed by atoms with van der Waals surface area (Å²) in [7, 11) is 0. The van der Waals surface area contributed by atoms with Crippen molar-refractivity contribution >= 4 is 17.2 Å². The number of Topliss-reactive ketones (excluding diaryl/α,β-unsaturated/α-hetero) is 1. The van der Waals surface area contributed by atoms with E-state index in [2.05, 4.69) is 10.9 Å². The minimum absolute atomic E-state index is 0.173. The Balaban J connectivity index is 1.93. The van der Waals surface area contributed by atoms with Crippen molar-refractivity contribution in [3.63, 3.8) is 0 Å².